The lowest BCUT2D eigenvalue weighted by atomic mass is 10.1. The van der Waals surface area contributed by atoms with Crippen molar-refractivity contribution in [2.75, 3.05) is 13.3 Å². The van der Waals surface area contributed by atoms with E-state index in [2.05, 4.69) is 4.98 Å². The van der Waals surface area contributed by atoms with E-state index < -0.39 is 20.5 Å². The molecule has 0 aliphatic rings. The van der Waals surface area contributed by atoms with E-state index in [1.165, 1.54) is 18.7 Å². The molecule has 18 heavy (non-hydrogen) atoms. The van der Waals surface area contributed by atoms with Crippen LogP contribution in [0.5, 0.6) is 0 Å². The lowest BCUT2D eigenvalue weighted by Gasteiger charge is -2.27. The Kier molecular flexibility index (Phi) is 4.11. The van der Waals surface area contributed by atoms with Gasteiger partial charge in [-0.2, -0.15) is 0 Å². The second-order valence-electron chi connectivity index (χ2n) is 4.80. The van der Waals surface area contributed by atoms with Gasteiger partial charge in [0.25, 0.3) is 0 Å². The third-order valence-electron chi connectivity index (χ3n) is 2.93. The molecule has 1 heterocycles. The van der Waals surface area contributed by atoms with Crippen molar-refractivity contribution in [2.45, 2.75) is 25.1 Å². The summed E-state index contributed by atoms with van der Waals surface area (Å²) in [7, 11) is -1.86. The number of hydrogen-bond donors (Lipinski definition) is 0. The van der Waals surface area contributed by atoms with Crippen LogP contribution < -0.4 is 0 Å². The highest BCUT2D eigenvalue weighted by Gasteiger charge is 2.40. The molecule has 0 saturated carbocycles. The van der Waals surface area contributed by atoms with E-state index in [0.29, 0.717) is 6.54 Å². The van der Waals surface area contributed by atoms with Gasteiger partial charge < -0.3 is 4.90 Å². The number of aromatic nitrogens is 1. The van der Waals surface area contributed by atoms with Crippen LogP contribution in [-0.2, 0) is 21.2 Å². The van der Waals surface area contributed by atoms with Crippen molar-refractivity contribution < 1.29 is 13.2 Å². The normalized spacial score (nSPS) is 12.2. The quantitative estimate of drug-likeness (QED) is 0.814. The van der Waals surface area contributed by atoms with Gasteiger partial charge in [0.05, 0.1) is 0 Å². The Hall–Kier alpha value is -1.43. The van der Waals surface area contributed by atoms with Crippen molar-refractivity contribution in [3.8, 4) is 0 Å². The molecular formula is C12H18N2O3S. The summed E-state index contributed by atoms with van der Waals surface area (Å²) in [6.07, 6.45) is 4.37. The molecule has 1 amide bonds. The summed E-state index contributed by atoms with van der Waals surface area (Å²) >= 11 is 0. The lowest BCUT2D eigenvalue weighted by Crippen LogP contribution is -2.47. The van der Waals surface area contributed by atoms with Gasteiger partial charge in [-0.15, -0.1) is 0 Å². The number of amides is 1. The van der Waals surface area contributed by atoms with E-state index in [9.17, 15) is 13.2 Å². The van der Waals surface area contributed by atoms with Crippen molar-refractivity contribution in [2.24, 2.45) is 0 Å². The summed E-state index contributed by atoms with van der Waals surface area (Å²) in [5.74, 6) is -0.422. The molecule has 6 heteroatoms. The molecule has 0 saturated heterocycles. The second kappa shape index (κ2) is 5.06. The fourth-order valence-electron chi connectivity index (χ4n) is 1.46. The van der Waals surface area contributed by atoms with Gasteiger partial charge in [-0.25, -0.2) is 8.42 Å². The monoisotopic (exact) mass is 270 g/mol. The van der Waals surface area contributed by atoms with Crippen LogP contribution in [-0.4, -0.2) is 42.3 Å². The molecule has 0 unspecified atom stereocenters. The average molecular weight is 270 g/mol. The molecule has 0 atom stereocenters. The van der Waals surface area contributed by atoms with E-state index in [0.717, 1.165) is 11.8 Å². The fourth-order valence-corrected chi connectivity index (χ4v) is 1.93. The highest BCUT2D eigenvalue weighted by atomic mass is 32.2. The first-order chi connectivity index (χ1) is 8.16. The summed E-state index contributed by atoms with van der Waals surface area (Å²) in [4.78, 5) is 17.5. The maximum atomic E-state index is 12.1. The smallest absolute Gasteiger partial charge is 0.243 e. The maximum absolute atomic E-state index is 12.1. The number of nitrogens with zero attached hydrogens (tertiary/aromatic N) is 2. The van der Waals surface area contributed by atoms with E-state index >= 15 is 0 Å². The Labute approximate surface area is 108 Å². The van der Waals surface area contributed by atoms with Crippen molar-refractivity contribution in [1.29, 1.82) is 0 Å². The Balaban J connectivity index is 2.86. The molecule has 0 spiro atoms. The number of rotatable bonds is 4. The van der Waals surface area contributed by atoms with E-state index in [1.807, 2.05) is 6.07 Å². The van der Waals surface area contributed by atoms with Crippen molar-refractivity contribution in [1.82, 2.24) is 9.88 Å². The predicted octanol–water partition coefficient (Wildman–Crippen LogP) is 0.863. The average Bonchev–Trinajstić information content (AvgIpc) is 2.27. The van der Waals surface area contributed by atoms with Gasteiger partial charge in [0.2, 0.25) is 5.91 Å². The summed E-state index contributed by atoms with van der Waals surface area (Å²) in [6, 6.07) is 3.61. The first-order valence-electron chi connectivity index (χ1n) is 5.50. The van der Waals surface area contributed by atoms with Gasteiger partial charge >= 0.3 is 0 Å². The zero-order chi connectivity index (χ0) is 14.0. The zero-order valence-corrected chi connectivity index (χ0v) is 11.9. The third kappa shape index (κ3) is 3.07. The molecule has 0 aromatic carbocycles. The number of pyridine rings is 1. The van der Waals surface area contributed by atoms with Crippen LogP contribution in [0.1, 0.15) is 19.4 Å². The third-order valence-corrected chi connectivity index (χ3v) is 4.96. The van der Waals surface area contributed by atoms with Gasteiger partial charge in [0, 0.05) is 32.2 Å². The van der Waals surface area contributed by atoms with Crippen LogP contribution in [0.3, 0.4) is 0 Å². The van der Waals surface area contributed by atoms with Gasteiger partial charge in [-0.1, -0.05) is 6.07 Å². The maximum Gasteiger partial charge on any atom is 0.243 e. The highest BCUT2D eigenvalue weighted by molar-refractivity contribution is 7.92. The first kappa shape index (κ1) is 14.6. The minimum Gasteiger partial charge on any atom is -0.340 e. The Morgan fingerprint density at radius 1 is 1.44 bits per heavy atom. The van der Waals surface area contributed by atoms with Gasteiger partial charge in [-0.3, -0.25) is 9.78 Å². The molecule has 0 aliphatic heterocycles. The summed E-state index contributed by atoms with van der Waals surface area (Å²) in [5.41, 5.74) is 0.859. The predicted molar refractivity (Wildman–Crippen MR) is 69.6 cm³/mol. The van der Waals surface area contributed by atoms with Crippen LogP contribution >= 0.6 is 0 Å². The minimum atomic E-state index is -3.45. The fraction of sp³-hybridized carbons (Fsp3) is 0.500. The number of hydrogen-bond acceptors (Lipinski definition) is 4. The largest absolute Gasteiger partial charge is 0.340 e. The molecule has 0 fully saturated rings. The summed E-state index contributed by atoms with van der Waals surface area (Å²) in [6.45, 7) is 3.18. The molecule has 1 aromatic rings. The highest BCUT2D eigenvalue weighted by Crippen LogP contribution is 2.19. The van der Waals surface area contributed by atoms with Crippen molar-refractivity contribution in [3.05, 3.63) is 30.1 Å². The number of carbonyl (C=O) groups excluding carboxylic acids is 1. The Bertz CT molecular complexity index is 524. The van der Waals surface area contributed by atoms with Crippen LogP contribution in [0, 0.1) is 0 Å². The van der Waals surface area contributed by atoms with Crippen LogP contribution in [0.15, 0.2) is 24.5 Å². The molecule has 0 radical (unpaired) electrons. The molecular weight excluding hydrogens is 252 g/mol. The molecule has 0 bridgehead atoms. The number of sulfone groups is 1. The number of carbonyl (C=O) groups is 1. The lowest BCUT2D eigenvalue weighted by molar-refractivity contribution is -0.132. The zero-order valence-electron chi connectivity index (χ0n) is 11.0. The van der Waals surface area contributed by atoms with Gasteiger partial charge in [-0.05, 0) is 25.5 Å². The van der Waals surface area contributed by atoms with Gasteiger partial charge in [0.15, 0.2) is 9.84 Å². The molecule has 100 valence electrons. The second-order valence-corrected chi connectivity index (χ2v) is 7.37. The van der Waals surface area contributed by atoms with Crippen LogP contribution in [0.2, 0.25) is 0 Å². The van der Waals surface area contributed by atoms with Crippen molar-refractivity contribution >= 4 is 15.7 Å². The Morgan fingerprint density at radius 2 is 2.06 bits per heavy atom. The topological polar surface area (TPSA) is 67.3 Å². The SMILES string of the molecule is CN(Cc1cccnc1)C(=O)C(C)(C)S(C)(=O)=O. The molecule has 0 aliphatic carbocycles. The molecule has 1 rings (SSSR count). The molecule has 0 N–H and O–H groups in total. The molecule has 1 aromatic heterocycles. The summed E-state index contributed by atoms with van der Waals surface area (Å²) < 4.78 is 21.8. The minimum absolute atomic E-state index is 0.339. The van der Waals surface area contributed by atoms with Gasteiger partial charge in [0.1, 0.15) is 4.75 Å². The van der Waals surface area contributed by atoms with E-state index in [4.69, 9.17) is 0 Å². The van der Waals surface area contributed by atoms with Crippen LogP contribution in [0.25, 0.3) is 0 Å². The summed E-state index contributed by atoms with van der Waals surface area (Å²) in [5, 5.41) is 0. The van der Waals surface area contributed by atoms with E-state index in [1.54, 1.807) is 25.5 Å². The standard InChI is InChI=1S/C12H18N2O3S/c1-12(2,18(4,16)17)11(15)14(3)9-10-6-5-7-13-8-10/h5-8H,9H2,1-4H3. The first-order valence-corrected chi connectivity index (χ1v) is 7.39. The van der Waals surface area contributed by atoms with Crippen molar-refractivity contribution in [3.63, 3.8) is 0 Å². The van der Waals surface area contributed by atoms with Crippen LogP contribution in [0.4, 0.5) is 0 Å². The Morgan fingerprint density at radius 3 is 2.50 bits per heavy atom. The molecule has 5 nitrogen and oxygen atoms in total. The van der Waals surface area contributed by atoms with E-state index in [-0.39, 0.29) is 0 Å².